The van der Waals surface area contributed by atoms with Crippen LogP contribution in [0.1, 0.15) is 25.3 Å². The Morgan fingerprint density at radius 2 is 2.09 bits per heavy atom. The minimum Gasteiger partial charge on any atom is -0.493 e. The fourth-order valence-electron chi connectivity index (χ4n) is 2.61. The third-order valence-corrected chi connectivity index (χ3v) is 3.73. The summed E-state index contributed by atoms with van der Waals surface area (Å²) >= 11 is 0. The summed E-state index contributed by atoms with van der Waals surface area (Å²) in [6, 6.07) is 5.78. The molecule has 0 aliphatic carbocycles. The first-order valence-electron chi connectivity index (χ1n) is 8.22. The minimum atomic E-state index is -0.0168. The number of methoxy groups -OCH3 is 1. The molecule has 6 nitrogen and oxygen atoms in total. The van der Waals surface area contributed by atoms with E-state index in [2.05, 4.69) is 17.1 Å². The molecule has 2 rings (SSSR count). The van der Waals surface area contributed by atoms with Crippen molar-refractivity contribution >= 4 is 5.96 Å². The van der Waals surface area contributed by atoms with Crippen LogP contribution in [0.3, 0.4) is 0 Å². The average Bonchev–Trinajstić information content (AvgIpc) is 3.11. The monoisotopic (exact) mass is 321 g/mol. The van der Waals surface area contributed by atoms with Crippen LogP contribution in [0.15, 0.2) is 23.2 Å². The van der Waals surface area contributed by atoms with Gasteiger partial charge in [-0.05, 0) is 37.5 Å². The normalized spacial score (nSPS) is 14.9. The van der Waals surface area contributed by atoms with Crippen molar-refractivity contribution in [2.24, 2.45) is 4.99 Å². The van der Waals surface area contributed by atoms with Gasteiger partial charge in [-0.2, -0.15) is 0 Å². The van der Waals surface area contributed by atoms with E-state index >= 15 is 0 Å². The molecule has 2 N–H and O–H groups in total. The summed E-state index contributed by atoms with van der Waals surface area (Å²) in [7, 11) is 1.61. The van der Waals surface area contributed by atoms with E-state index in [-0.39, 0.29) is 13.2 Å². The molecule has 1 aromatic carbocycles. The summed E-state index contributed by atoms with van der Waals surface area (Å²) in [4.78, 5) is 7.03. The number of nitrogens with one attached hydrogen (secondary N) is 1. The molecule has 1 aliphatic rings. The first-order chi connectivity index (χ1) is 11.3. The van der Waals surface area contributed by atoms with Crippen molar-refractivity contribution in [2.75, 3.05) is 40.0 Å². The van der Waals surface area contributed by atoms with Gasteiger partial charge >= 0.3 is 0 Å². The van der Waals surface area contributed by atoms with Crippen LogP contribution < -0.4 is 14.8 Å². The number of aliphatic imine (C=N–C) groups is 1. The first-order valence-corrected chi connectivity index (χ1v) is 8.22. The maximum absolute atomic E-state index is 8.85. The molecule has 1 fully saturated rings. The molecule has 0 aromatic heterocycles. The first kappa shape index (κ1) is 17.4. The molecular formula is C17H27N3O3. The second-order valence-corrected chi connectivity index (χ2v) is 5.42. The summed E-state index contributed by atoms with van der Waals surface area (Å²) in [5.41, 5.74) is 1.06. The third kappa shape index (κ3) is 5.03. The Kier molecular flexibility index (Phi) is 7.00. The predicted octanol–water partition coefficient (Wildman–Crippen LogP) is 1.63. The Morgan fingerprint density at radius 3 is 2.74 bits per heavy atom. The molecule has 0 radical (unpaired) electrons. The molecule has 1 aromatic rings. The number of ether oxygens (including phenoxy) is 2. The number of likely N-dealkylation sites (tertiary alicyclic amines) is 1. The van der Waals surface area contributed by atoms with Gasteiger partial charge in [0.2, 0.25) is 0 Å². The van der Waals surface area contributed by atoms with Crippen molar-refractivity contribution < 1.29 is 14.6 Å². The summed E-state index contributed by atoms with van der Waals surface area (Å²) < 4.78 is 10.8. The molecule has 0 saturated carbocycles. The lowest BCUT2D eigenvalue weighted by Crippen LogP contribution is -2.39. The van der Waals surface area contributed by atoms with E-state index in [0.29, 0.717) is 18.0 Å². The van der Waals surface area contributed by atoms with Gasteiger partial charge in [0.25, 0.3) is 0 Å². The molecule has 1 saturated heterocycles. The number of guanidine groups is 1. The Hall–Kier alpha value is -1.95. The highest BCUT2D eigenvalue weighted by Gasteiger charge is 2.15. The number of aliphatic hydroxyl groups is 1. The van der Waals surface area contributed by atoms with E-state index in [1.165, 1.54) is 12.8 Å². The highest BCUT2D eigenvalue weighted by atomic mass is 16.5. The maximum Gasteiger partial charge on any atom is 0.194 e. The van der Waals surface area contributed by atoms with E-state index in [9.17, 15) is 0 Å². The van der Waals surface area contributed by atoms with Gasteiger partial charge in [0.15, 0.2) is 17.5 Å². The Balaban J connectivity index is 2.06. The van der Waals surface area contributed by atoms with Gasteiger partial charge in [-0.25, -0.2) is 4.99 Å². The van der Waals surface area contributed by atoms with Crippen molar-refractivity contribution in [3.63, 3.8) is 0 Å². The van der Waals surface area contributed by atoms with Crippen molar-refractivity contribution in [1.29, 1.82) is 0 Å². The lowest BCUT2D eigenvalue weighted by atomic mass is 10.2. The van der Waals surface area contributed by atoms with Crippen LogP contribution >= 0.6 is 0 Å². The Bertz CT molecular complexity index is 514. The van der Waals surface area contributed by atoms with Crippen LogP contribution in [-0.4, -0.2) is 55.9 Å². The van der Waals surface area contributed by atoms with E-state index < -0.39 is 0 Å². The van der Waals surface area contributed by atoms with Crippen LogP contribution in [0.2, 0.25) is 0 Å². The van der Waals surface area contributed by atoms with Gasteiger partial charge in [0, 0.05) is 19.6 Å². The standard InChI is InChI=1S/C17H27N3O3/c1-3-18-17(20-8-4-5-9-20)19-13-14-6-7-15(23-11-10-21)16(12-14)22-2/h6-7,12,21H,3-5,8-11,13H2,1-2H3,(H,18,19). The predicted molar refractivity (Wildman–Crippen MR) is 91.2 cm³/mol. The average molecular weight is 321 g/mol. The van der Waals surface area contributed by atoms with E-state index in [0.717, 1.165) is 31.2 Å². The van der Waals surface area contributed by atoms with Crippen molar-refractivity contribution in [3.8, 4) is 11.5 Å². The number of nitrogens with zero attached hydrogens (tertiary/aromatic N) is 2. The van der Waals surface area contributed by atoms with Crippen LogP contribution in [0, 0.1) is 0 Å². The molecule has 128 valence electrons. The number of hydrogen-bond donors (Lipinski definition) is 2. The SMILES string of the molecule is CCNC(=NCc1ccc(OCCO)c(OC)c1)N1CCCC1. The molecular weight excluding hydrogens is 294 g/mol. The van der Waals surface area contributed by atoms with E-state index in [4.69, 9.17) is 19.6 Å². The number of hydrogen-bond acceptors (Lipinski definition) is 4. The van der Waals surface area contributed by atoms with Crippen molar-refractivity contribution in [3.05, 3.63) is 23.8 Å². The zero-order valence-corrected chi connectivity index (χ0v) is 14.0. The second kappa shape index (κ2) is 9.25. The number of aliphatic hydroxyl groups excluding tert-OH is 1. The summed E-state index contributed by atoms with van der Waals surface area (Å²) in [5.74, 6) is 2.28. The van der Waals surface area contributed by atoms with Crippen molar-refractivity contribution in [1.82, 2.24) is 10.2 Å². The molecule has 0 spiro atoms. The Labute approximate surface area is 138 Å². The highest BCUT2D eigenvalue weighted by Crippen LogP contribution is 2.28. The lowest BCUT2D eigenvalue weighted by Gasteiger charge is -2.20. The molecule has 1 heterocycles. The topological polar surface area (TPSA) is 66.3 Å². The van der Waals surface area contributed by atoms with Gasteiger partial charge in [-0.3, -0.25) is 0 Å². The van der Waals surface area contributed by atoms with Gasteiger partial charge in [0.05, 0.1) is 20.3 Å². The van der Waals surface area contributed by atoms with Gasteiger partial charge < -0.3 is 24.8 Å². The number of rotatable bonds is 7. The highest BCUT2D eigenvalue weighted by molar-refractivity contribution is 5.80. The summed E-state index contributed by atoms with van der Waals surface area (Å²) in [6.07, 6.45) is 2.46. The molecule has 0 unspecified atom stereocenters. The summed E-state index contributed by atoms with van der Waals surface area (Å²) in [6.45, 7) is 5.93. The van der Waals surface area contributed by atoms with Crippen LogP contribution in [0.5, 0.6) is 11.5 Å². The second-order valence-electron chi connectivity index (χ2n) is 5.42. The summed E-state index contributed by atoms with van der Waals surface area (Å²) in [5, 5.41) is 12.2. The zero-order chi connectivity index (χ0) is 16.5. The molecule has 23 heavy (non-hydrogen) atoms. The van der Waals surface area contributed by atoms with Gasteiger partial charge in [0.1, 0.15) is 6.61 Å². The molecule has 1 aliphatic heterocycles. The molecule has 0 amide bonds. The maximum atomic E-state index is 8.85. The van der Waals surface area contributed by atoms with Crippen LogP contribution in [0.25, 0.3) is 0 Å². The quantitative estimate of drug-likeness (QED) is 0.590. The van der Waals surface area contributed by atoms with Crippen LogP contribution in [0.4, 0.5) is 0 Å². The number of benzene rings is 1. The molecule has 6 heteroatoms. The van der Waals surface area contributed by atoms with Gasteiger partial charge in [-0.15, -0.1) is 0 Å². The van der Waals surface area contributed by atoms with Gasteiger partial charge in [-0.1, -0.05) is 6.07 Å². The third-order valence-electron chi connectivity index (χ3n) is 3.73. The largest absolute Gasteiger partial charge is 0.493 e. The van der Waals surface area contributed by atoms with Crippen molar-refractivity contribution in [2.45, 2.75) is 26.3 Å². The Morgan fingerprint density at radius 1 is 1.30 bits per heavy atom. The lowest BCUT2D eigenvalue weighted by molar-refractivity contribution is 0.196. The van der Waals surface area contributed by atoms with Crippen LogP contribution in [-0.2, 0) is 6.54 Å². The fraction of sp³-hybridized carbons (Fsp3) is 0.588. The fourth-order valence-corrected chi connectivity index (χ4v) is 2.61. The van der Waals surface area contributed by atoms with E-state index in [1.807, 2.05) is 18.2 Å². The zero-order valence-electron chi connectivity index (χ0n) is 14.0. The van der Waals surface area contributed by atoms with E-state index in [1.54, 1.807) is 7.11 Å². The minimum absolute atomic E-state index is 0.0168. The smallest absolute Gasteiger partial charge is 0.194 e. The molecule has 0 atom stereocenters. The molecule has 0 bridgehead atoms.